The van der Waals surface area contributed by atoms with Crippen LogP contribution >= 0.6 is 24.0 Å². The van der Waals surface area contributed by atoms with Gasteiger partial charge in [0.25, 0.3) is 5.91 Å². The molecule has 6 rings (SSSR count). The summed E-state index contributed by atoms with van der Waals surface area (Å²) in [6, 6.07) is 15.9. The maximum atomic E-state index is 14.5. The van der Waals surface area contributed by atoms with E-state index in [4.69, 9.17) is 16.6 Å². The van der Waals surface area contributed by atoms with Gasteiger partial charge in [0.2, 0.25) is 0 Å². The van der Waals surface area contributed by atoms with E-state index in [1.807, 2.05) is 60.7 Å². The summed E-state index contributed by atoms with van der Waals surface area (Å²) in [5.74, 6) is -1.02. The van der Waals surface area contributed by atoms with E-state index in [0.717, 1.165) is 22.3 Å². The molecule has 0 aliphatic carbocycles. The van der Waals surface area contributed by atoms with Gasteiger partial charge in [-0.2, -0.15) is 0 Å². The number of nitrogens with zero attached hydrogens (tertiary/aromatic N) is 6. The average Bonchev–Trinajstić information content (AvgIpc) is 3.34. The van der Waals surface area contributed by atoms with Crippen molar-refractivity contribution in [3.8, 4) is 11.1 Å². The van der Waals surface area contributed by atoms with Gasteiger partial charge in [0.15, 0.2) is 0 Å². The number of piperazine rings is 1. The van der Waals surface area contributed by atoms with Gasteiger partial charge in [0, 0.05) is 42.5 Å². The van der Waals surface area contributed by atoms with Gasteiger partial charge < -0.3 is 19.5 Å². The van der Waals surface area contributed by atoms with Gasteiger partial charge in [-0.15, -0.1) is 12.4 Å². The van der Waals surface area contributed by atoms with Gasteiger partial charge in [0.1, 0.15) is 23.0 Å². The van der Waals surface area contributed by atoms with Crippen LogP contribution in [0.5, 0.6) is 0 Å². The molecule has 1 aliphatic heterocycles. The van der Waals surface area contributed by atoms with E-state index in [2.05, 4.69) is 14.9 Å². The highest BCUT2D eigenvalue weighted by atomic mass is 35.5. The predicted octanol–water partition coefficient (Wildman–Crippen LogP) is 7.12. The molecule has 1 amide bonds. The number of fused-ring (bicyclic) bond motifs is 1. The predicted molar refractivity (Wildman–Crippen MR) is 183 cm³/mol. The second kappa shape index (κ2) is 12.9. The van der Waals surface area contributed by atoms with Crippen LogP contribution in [0.25, 0.3) is 22.2 Å². The monoisotopic (exact) mass is 676 g/mol. The van der Waals surface area contributed by atoms with Crippen molar-refractivity contribution in [3.63, 3.8) is 0 Å². The number of anilines is 1. The van der Waals surface area contributed by atoms with Crippen molar-refractivity contribution in [2.45, 2.75) is 46.7 Å². The molecule has 0 unspecified atom stereocenters. The Hall–Kier alpha value is -4.54. The molecule has 1 fully saturated rings. The largest absolute Gasteiger partial charge is 0.478 e. The summed E-state index contributed by atoms with van der Waals surface area (Å²) in [5, 5.41) is 10.4. The number of aromatic carboxylic acids is 1. The standard InChI is InChI=1S/C35H34ClFN6O3.ClH/c1-20-15-30(39-22(3)31(20)34(45)46)41-13-14-43(35(4,5)19-41)33(44)29-12-10-25-26(23-9-11-27(36)28(37)16-23)18-42(32(25)40-29)17-24-8-6-7-21(2)38-24;/h6-12,15-16,18H,13-14,17,19H2,1-5H3,(H,45,46);1H. The molecule has 244 valence electrons. The molecule has 5 aromatic rings. The molecule has 1 N–H and O–H groups in total. The van der Waals surface area contributed by atoms with E-state index in [9.17, 15) is 19.1 Å². The van der Waals surface area contributed by atoms with Crippen LogP contribution in [0.15, 0.2) is 60.8 Å². The van der Waals surface area contributed by atoms with Crippen LogP contribution < -0.4 is 4.90 Å². The van der Waals surface area contributed by atoms with Crippen LogP contribution in [0.4, 0.5) is 10.2 Å². The summed E-state index contributed by atoms with van der Waals surface area (Å²) in [4.78, 5) is 43.8. The van der Waals surface area contributed by atoms with Gasteiger partial charge >= 0.3 is 5.97 Å². The van der Waals surface area contributed by atoms with E-state index in [1.165, 1.54) is 12.1 Å². The van der Waals surface area contributed by atoms with Crippen LogP contribution in [-0.2, 0) is 6.54 Å². The number of hydrogen-bond acceptors (Lipinski definition) is 6. The molecule has 12 heteroatoms. The molecule has 5 heterocycles. The van der Waals surface area contributed by atoms with Gasteiger partial charge in [0.05, 0.1) is 34.1 Å². The fourth-order valence-electron chi connectivity index (χ4n) is 6.32. The van der Waals surface area contributed by atoms with Crippen molar-refractivity contribution in [2.24, 2.45) is 0 Å². The Morgan fingerprint density at radius 3 is 2.43 bits per heavy atom. The topological polar surface area (TPSA) is 104 Å². The van der Waals surface area contributed by atoms with Crippen molar-refractivity contribution in [2.75, 3.05) is 24.5 Å². The lowest BCUT2D eigenvalue weighted by atomic mass is 9.97. The molecule has 9 nitrogen and oxygen atoms in total. The van der Waals surface area contributed by atoms with Crippen LogP contribution in [-0.4, -0.2) is 66.6 Å². The lowest BCUT2D eigenvalue weighted by molar-refractivity contribution is 0.0507. The van der Waals surface area contributed by atoms with Gasteiger partial charge in [-0.05, 0) is 88.2 Å². The highest BCUT2D eigenvalue weighted by Gasteiger charge is 2.38. The van der Waals surface area contributed by atoms with E-state index < -0.39 is 17.3 Å². The molecule has 0 radical (unpaired) electrons. The minimum atomic E-state index is -0.997. The van der Waals surface area contributed by atoms with Crippen molar-refractivity contribution in [1.29, 1.82) is 0 Å². The molecule has 0 spiro atoms. The molecule has 1 aromatic carbocycles. The summed E-state index contributed by atoms with van der Waals surface area (Å²) < 4.78 is 16.4. The Labute approximate surface area is 283 Å². The van der Waals surface area contributed by atoms with Crippen molar-refractivity contribution in [3.05, 3.63) is 106 Å². The molecule has 4 aromatic heterocycles. The SMILES string of the molecule is Cc1cccc(Cn2cc(-c3ccc(Cl)c(F)c3)c3ccc(C(=O)N4CCN(c5cc(C)c(C(=O)O)c(C)n5)CC4(C)C)nc32)n1.Cl. The zero-order valence-electron chi connectivity index (χ0n) is 26.7. The minimum absolute atomic E-state index is 0. The quantitative estimate of drug-likeness (QED) is 0.204. The smallest absolute Gasteiger partial charge is 0.337 e. The number of carboxylic acids is 1. The van der Waals surface area contributed by atoms with Gasteiger partial charge in [-0.1, -0.05) is 23.7 Å². The number of pyridine rings is 3. The number of aryl methyl sites for hydroxylation is 3. The first-order chi connectivity index (χ1) is 21.8. The number of amides is 1. The normalized spacial score (nSPS) is 14.3. The molecular formula is C35H35Cl2FN6O3. The number of aromatic nitrogens is 4. The van der Waals surface area contributed by atoms with Gasteiger partial charge in [-0.25, -0.2) is 19.2 Å². The summed E-state index contributed by atoms with van der Waals surface area (Å²) in [6.45, 7) is 11.3. The molecule has 47 heavy (non-hydrogen) atoms. The maximum Gasteiger partial charge on any atom is 0.337 e. The summed E-state index contributed by atoms with van der Waals surface area (Å²) >= 11 is 5.97. The molecule has 1 saturated heterocycles. The Morgan fingerprint density at radius 2 is 1.77 bits per heavy atom. The maximum absolute atomic E-state index is 14.5. The number of carbonyl (C=O) groups is 2. The zero-order valence-corrected chi connectivity index (χ0v) is 28.3. The highest BCUT2D eigenvalue weighted by molar-refractivity contribution is 6.30. The fraction of sp³-hybridized carbons (Fsp3) is 0.286. The van der Waals surface area contributed by atoms with Crippen molar-refractivity contribution in [1.82, 2.24) is 24.4 Å². The number of carbonyl (C=O) groups excluding carboxylic acids is 1. The number of halogens is 3. The number of hydrogen-bond donors (Lipinski definition) is 1. The summed E-state index contributed by atoms with van der Waals surface area (Å²) in [6.07, 6.45) is 1.91. The Morgan fingerprint density at radius 1 is 1.00 bits per heavy atom. The highest BCUT2D eigenvalue weighted by Crippen LogP contribution is 2.34. The van der Waals surface area contributed by atoms with E-state index in [1.54, 1.807) is 32.0 Å². The second-order valence-corrected chi connectivity index (χ2v) is 12.8. The van der Waals surface area contributed by atoms with Crippen LogP contribution in [0.3, 0.4) is 0 Å². The number of rotatable bonds is 6. The Bertz CT molecular complexity index is 2010. The lowest BCUT2D eigenvalue weighted by Gasteiger charge is -2.47. The third kappa shape index (κ3) is 6.53. The summed E-state index contributed by atoms with van der Waals surface area (Å²) in [5.41, 5.74) is 4.76. The first-order valence-corrected chi connectivity index (χ1v) is 15.4. The molecule has 0 saturated carbocycles. The molecule has 0 atom stereocenters. The van der Waals surface area contributed by atoms with E-state index in [-0.39, 0.29) is 28.9 Å². The fourth-order valence-corrected chi connectivity index (χ4v) is 6.44. The first kappa shape index (κ1) is 33.8. The average molecular weight is 678 g/mol. The third-order valence-corrected chi connectivity index (χ3v) is 8.83. The van der Waals surface area contributed by atoms with Crippen LogP contribution in [0.2, 0.25) is 5.02 Å². The molecular weight excluding hydrogens is 642 g/mol. The Balaban J connectivity index is 0.00000433. The minimum Gasteiger partial charge on any atom is -0.478 e. The van der Waals surface area contributed by atoms with Crippen molar-refractivity contribution < 1.29 is 19.1 Å². The van der Waals surface area contributed by atoms with Gasteiger partial charge in [-0.3, -0.25) is 9.78 Å². The lowest BCUT2D eigenvalue weighted by Crippen LogP contribution is -2.61. The second-order valence-electron chi connectivity index (χ2n) is 12.4. The zero-order chi connectivity index (χ0) is 32.9. The first-order valence-electron chi connectivity index (χ1n) is 15.0. The van der Waals surface area contributed by atoms with E-state index in [0.29, 0.717) is 60.2 Å². The van der Waals surface area contributed by atoms with Crippen LogP contribution in [0.1, 0.15) is 57.3 Å². The Kier molecular flexibility index (Phi) is 9.30. The summed E-state index contributed by atoms with van der Waals surface area (Å²) in [7, 11) is 0. The number of carboxylic acid groups (broad SMARTS) is 1. The van der Waals surface area contributed by atoms with E-state index >= 15 is 0 Å². The molecule has 1 aliphatic rings. The number of benzene rings is 1. The van der Waals surface area contributed by atoms with Crippen molar-refractivity contribution >= 4 is 52.7 Å². The third-order valence-electron chi connectivity index (χ3n) is 8.52. The molecule has 0 bridgehead atoms. The van der Waals surface area contributed by atoms with Crippen LogP contribution in [0, 0.1) is 26.6 Å².